The van der Waals surface area contributed by atoms with Gasteiger partial charge in [-0.15, -0.1) is 0 Å². The van der Waals surface area contributed by atoms with Crippen molar-refractivity contribution in [3.8, 4) is 11.5 Å². The molecular weight excluding hydrogens is 306 g/mol. The summed E-state index contributed by atoms with van der Waals surface area (Å²) in [6.45, 7) is 9.66. The van der Waals surface area contributed by atoms with Crippen molar-refractivity contribution < 1.29 is 19.0 Å². The summed E-state index contributed by atoms with van der Waals surface area (Å²) >= 11 is 0. The molecule has 1 aliphatic rings. The summed E-state index contributed by atoms with van der Waals surface area (Å²) < 4.78 is 16.6. The topological polar surface area (TPSA) is 56.8 Å². The van der Waals surface area contributed by atoms with E-state index in [9.17, 15) is 4.79 Å². The fourth-order valence-electron chi connectivity index (χ4n) is 3.09. The Hall–Kier alpha value is -1.75. The summed E-state index contributed by atoms with van der Waals surface area (Å²) in [5.41, 5.74) is 0.0805. The largest absolute Gasteiger partial charge is 0.497 e. The third kappa shape index (κ3) is 4.87. The Balaban J connectivity index is 1.83. The molecule has 0 unspecified atom stereocenters. The van der Waals surface area contributed by atoms with Crippen molar-refractivity contribution in [3.05, 3.63) is 24.3 Å². The van der Waals surface area contributed by atoms with Crippen molar-refractivity contribution in [2.75, 3.05) is 20.3 Å². The third-order valence-corrected chi connectivity index (χ3v) is 4.35. The normalized spacial score (nSPS) is 22.0. The van der Waals surface area contributed by atoms with Gasteiger partial charge in [-0.05, 0) is 43.0 Å². The molecule has 0 spiro atoms. The van der Waals surface area contributed by atoms with Crippen LogP contribution < -0.4 is 14.8 Å². The minimum absolute atomic E-state index is 0.0805. The highest BCUT2D eigenvalue weighted by Crippen LogP contribution is 2.34. The highest BCUT2D eigenvalue weighted by molar-refractivity contribution is 5.80. The molecule has 1 saturated heterocycles. The van der Waals surface area contributed by atoms with Crippen LogP contribution in [0.3, 0.4) is 0 Å². The molecule has 1 aromatic rings. The molecule has 0 bridgehead atoms. The number of rotatable bonds is 6. The Morgan fingerprint density at radius 2 is 1.92 bits per heavy atom. The molecule has 0 radical (unpaired) electrons. The molecule has 24 heavy (non-hydrogen) atoms. The number of carbonyl (C=O) groups excluding carboxylic acids is 1. The maximum absolute atomic E-state index is 12.3. The van der Waals surface area contributed by atoms with E-state index in [0.717, 1.165) is 18.8 Å². The first-order valence-corrected chi connectivity index (χ1v) is 8.51. The van der Waals surface area contributed by atoms with Crippen LogP contribution in [0.2, 0.25) is 0 Å². The summed E-state index contributed by atoms with van der Waals surface area (Å²) in [5.74, 6) is 1.65. The average molecular weight is 335 g/mol. The van der Waals surface area contributed by atoms with Crippen LogP contribution in [-0.2, 0) is 9.53 Å². The molecule has 1 heterocycles. The van der Waals surface area contributed by atoms with E-state index in [1.807, 2.05) is 12.1 Å². The number of carbonyl (C=O) groups is 1. The molecule has 5 nitrogen and oxygen atoms in total. The van der Waals surface area contributed by atoms with Crippen molar-refractivity contribution in [2.24, 2.45) is 11.3 Å². The smallest absolute Gasteiger partial charge is 0.260 e. The maximum atomic E-state index is 12.3. The van der Waals surface area contributed by atoms with Crippen molar-refractivity contribution in [3.63, 3.8) is 0 Å². The Morgan fingerprint density at radius 3 is 2.50 bits per heavy atom. The zero-order valence-electron chi connectivity index (χ0n) is 15.3. The van der Waals surface area contributed by atoms with Gasteiger partial charge in [0.2, 0.25) is 0 Å². The number of hydrogen-bond donors (Lipinski definition) is 1. The number of nitrogens with one attached hydrogen (secondary N) is 1. The van der Waals surface area contributed by atoms with E-state index in [-0.39, 0.29) is 17.4 Å². The SMILES string of the molecule is COc1ccc(O[C@H](C)C(=O)NC[C@@H]2CCO[C@@H]2C(C)(C)C)cc1. The van der Waals surface area contributed by atoms with Gasteiger partial charge in [0.1, 0.15) is 11.5 Å². The molecule has 1 aromatic carbocycles. The van der Waals surface area contributed by atoms with Crippen LogP contribution in [0.1, 0.15) is 34.1 Å². The Labute approximate surface area is 144 Å². The molecule has 5 heteroatoms. The molecule has 0 aromatic heterocycles. The minimum Gasteiger partial charge on any atom is -0.497 e. The van der Waals surface area contributed by atoms with Gasteiger partial charge < -0.3 is 19.5 Å². The van der Waals surface area contributed by atoms with Crippen LogP contribution in [0.25, 0.3) is 0 Å². The van der Waals surface area contributed by atoms with Gasteiger partial charge in [0, 0.05) is 19.1 Å². The second-order valence-electron chi connectivity index (χ2n) is 7.39. The Kier molecular flexibility index (Phi) is 6.10. The van der Waals surface area contributed by atoms with Crippen LogP contribution >= 0.6 is 0 Å². The van der Waals surface area contributed by atoms with Gasteiger partial charge in [0.05, 0.1) is 13.2 Å². The van der Waals surface area contributed by atoms with Crippen LogP contribution in [-0.4, -0.2) is 38.4 Å². The van der Waals surface area contributed by atoms with E-state index in [0.29, 0.717) is 18.2 Å². The summed E-state index contributed by atoms with van der Waals surface area (Å²) in [5, 5.41) is 3.00. The van der Waals surface area contributed by atoms with E-state index in [1.54, 1.807) is 26.2 Å². The van der Waals surface area contributed by atoms with Gasteiger partial charge in [0.15, 0.2) is 6.10 Å². The van der Waals surface area contributed by atoms with Gasteiger partial charge in [0.25, 0.3) is 5.91 Å². The van der Waals surface area contributed by atoms with Crippen molar-refractivity contribution in [2.45, 2.75) is 46.3 Å². The molecule has 134 valence electrons. The number of benzene rings is 1. The maximum Gasteiger partial charge on any atom is 0.260 e. The van der Waals surface area contributed by atoms with E-state index in [1.165, 1.54) is 0 Å². The van der Waals surface area contributed by atoms with Crippen molar-refractivity contribution in [1.82, 2.24) is 5.32 Å². The zero-order valence-corrected chi connectivity index (χ0v) is 15.3. The molecule has 0 aliphatic carbocycles. The number of hydrogen-bond acceptors (Lipinski definition) is 4. The molecule has 0 saturated carbocycles. The number of amides is 1. The van der Waals surface area contributed by atoms with Gasteiger partial charge in [-0.25, -0.2) is 0 Å². The number of ether oxygens (including phenoxy) is 3. The highest BCUT2D eigenvalue weighted by atomic mass is 16.5. The lowest BCUT2D eigenvalue weighted by molar-refractivity contribution is -0.127. The summed E-state index contributed by atoms with van der Waals surface area (Å²) in [7, 11) is 1.61. The number of methoxy groups -OCH3 is 1. The van der Waals surface area contributed by atoms with Crippen LogP contribution in [0.15, 0.2) is 24.3 Å². The molecule has 3 atom stereocenters. The Bertz CT molecular complexity index is 535. The van der Waals surface area contributed by atoms with Crippen LogP contribution in [0, 0.1) is 11.3 Å². The summed E-state index contributed by atoms with van der Waals surface area (Å²) in [4.78, 5) is 12.3. The standard InChI is InChI=1S/C19H29NO4/c1-13(24-16-8-6-15(22-5)7-9-16)18(21)20-12-14-10-11-23-17(14)19(2,3)4/h6-9,13-14,17H,10-12H2,1-5H3,(H,20,21)/t13-,14+,17+/m1/s1. The molecule has 1 N–H and O–H groups in total. The van der Waals surface area contributed by atoms with Gasteiger partial charge in [-0.2, -0.15) is 0 Å². The third-order valence-electron chi connectivity index (χ3n) is 4.35. The average Bonchev–Trinajstić information content (AvgIpc) is 3.02. The summed E-state index contributed by atoms with van der Waals surface area (Å²) in [6.07, 6.45) is 0.611. The monoisotopic (exact) mass is 335 g/mol. The molecular formula is C19H29NO4. The van der Waals surface area contributed by atoms with E-state index in [2.05, 4.69) is 26.1 Å². The lowest BCUT2D eigenvalue weighted by Gasteiger charge is -2.31. The van der Waals surface area contributed by atoms with E-state index in [4.69, 9.17) is 14.2 Å². The Morgan fingerprint density at radius 1 is 1.29 bits per heavy atom. The van der Waals surface area contributed by atoms with Crippen molar-refractivity contribution >= 4 is 5.91 Å². The van der Waals surface area contributed by atoms with Crippen molar-refractivity contribution in [1.29, 1.82) is 0 Å². The first-order valence-electron chi connectivity index (χ1n) is 8.51. The summed E-state index contributed by atoms with van der Waals surface area (Å²) in [6, 6.07) is 7.21. The molecule has 1 amide bonds. The lowest BCUT2D eigenvalue weighted by Crippen LogP contribution is -2.42. The fourth-order valence-corrected chi connectivity index (χ4v) is 3.09. The predicted octanol–water partition coefficient (Wildman–Crippen LogP) is 3.03. The lowest BCUT2D eigenvalue weighted by atomic mass is 9.81. The molecule has 2 rings (SSSR count). The highest BCUT2D eigenvalue weighted by Gasteiger charge is 2.37. The first kappa shape index (κ1) is 18.6. The molecule has 1 aliphatic heterocycles. The van der Waals surface area contributed by atoms with E-state index < -0.39 is 6.10 Å². The first-order chi connectivity index (χ1) is 11.3. The van der Waals surface area contributed by atoms with Crippen LogP contribution in [0.4, 0.5) is 0 Å². The fraction of sp³-hybridized carbons (Fsp3) is 0.632. The minimum atomic E-state index is -0.547. The van der Waals surface area contributed by atoms with Gasteiger partial charge >= 0.3 is 0 Å². The zero-order chi connectivity index (χ0) is 17.7. The quantitative estimate of drug-likeness (QED) is 0.868. The van der Waals surface area contributed by atoms with E-state index >= 15 is 0 Å². The predicted molar refractivity (Wildman–Crippen MR) is 93.4 cm³/mol. The van der Waals surface area contributed by atoms with Crippen LogP contribution in [0.5, 0.6) is 11.5 Å². The second kappa shape index (κ2) is 7.88. The van der Waals surface area contributed by atoms with Gasteiger partial charge in [-0.3, -0.25) is 4.79 Å². The molecule has 1 fully saturated rings. The van der Waals surface area contributed by atoms with Gasteiger partial charge in [-0.1, -0.05) is 20.8 Å². The second-order valence-corrected chi connectivity index (χ2v) is 7.39.